The highest BCUT2D eigenvalue weighted by Crippen LogP contribution is 2.21. The van der Waals surface area contributed by atoms with E-state index in [9.17, 15) is 9.59 Å². The third-order valence-corrected chi connectivity index (χ3v) is 3.24. The second-order valence-corrected chi connectivity index (χ2v) is 4.85. The van der Waals surface area contributed by atoms with Crippen LogP contribution in [0.1, 0.15) is 36.0 Å². The van der Waals surface area contributed by atoms with Crippen molar-refractivity contribution in [2.45, 2.75) is 31.8 Å². The van der Waals surface area contributed by atoms with E-state index in [1.54, 1.807) is 0 Å². The average Bonchev–Trinajstić information content (AvgIpc) is 2.39. The molecule has 1 aliphatic rings. The molecule has 0 saturated carbocycles. The normalized spacial score (nSPS) is 18.5. The molecule has 1 saturated heterocycles. The lowest BCUT2D eigenvalue weighted by Gasteiger charge is -2.22. The van der Waals surface area contributed by atoms with Gasteiger partial charge in [-0.05, 0) is 37.5 Å². The zero-order valence-corrected chi connectivity index (χ0v) is 11.1. The maximum atomic E-state index is 11.9. The maximum absolute atomic E-state index is 11.9. The van der Waals surface area contributed by atoms with Crippen LogP contribution in [0.4, 0.5) is 11.4 Å². The van der Waals surface area contributed by atoms with Gasteiger partial charge in [-0.2, -0.15) is 0 Å². The first kappa shape index (κ1) is 14.3. The monoisotopic (exact) mass is 278 g/mol. The van der Waals surface area contributed by atoms with Crippen LogP contribution < -0.4 is 11.1 Å². The molecule has 1 heterocycles. The molecule has 1 aromatic carbocycles. The Hall–Kier alpha value is -2.08. The predicted octanol–water partition coefficient (Wildman–Crippen LogP) is 1.86. The summed E-state index contributed by atoms with van der Waals surface area (Å²) in [5.74, 6) is -1.36. The number of nitrogen functional groups attached to an aromatic ring is 1. The summed E-state index contributed by atoms with van der Waals surface area (Å²) in [6.07, 6.45) is 3.08. The molecule has 1 unspecified atom stereocenters. The van der Waals surface area contributed by atoms with Crippen molar-refractivity contribution in [1.82, 2.24) is 0 Å². The van der Waals surface area contributed by atoms with E-state index in [-0.39, 0.29) is 29.7 Å². The average molecular weight is 278 g/mol. The van der Waals surface area contributed by atoms with Crippen LogP contribution >= 0.6 is 0 Å². The summed E-state index contributed by atoms with van der Waals surface area (Å²) in [5, 5.41) is 11.7. The van der Waals surface area contributed by atoms with Gasteiger partial charge < -0.3 is 20.9 Å². The fraction of sp³-hybridized carbons (Fsp3) is 0.429. The largest absolute Gasteiger partial charge is 0.478 e. The van der Waals surface area contributed by atoms with Crippen LogP contribution in [-0.4, -0.2) is 29.7 Å². The smallest absolute Gasteiger partial charge is 0.337 e. The number of carbonyl (C=O) groups is 2. The molecular weight excluding hydrogens is 260 g/mol. The topological polar surface area (TPSA) is 102 Å². The van der Waals surface area contributed by atoms with Gasteiger partial charge in [-0.1, -0.05) is 0 Å². The van der Waals surface area contributed by atoms with Crippen LogP contribution in [0.2, 0.25) is 0 Å². The fourth-order valence-electron chi connectivity index (χ4n) is 2.23. The number of nitrogens with two attached hydrogens (primary N) is 1. The summed E-state index contributed by atoms with van der Waals surface area (Å²) < 4.78 is 5.49. The molecule has 0 bridgehead atoms. The van der Waals surface area contributed by atoms with Crippen LogP contribution in [0, 0.1) is 0 Å². The number of nitrogens with one attached hydrogen (secondary N) is 1. The van der Waals surface area contributed by atoms with Crippen molar-refractivity contribution in [2.24, 2.45) is 0 Å². The maximum Gasteiger partial charge on any atom is 0.337 e. The number of ether oxygens (including phenoxy) is 1. The number of benzene rings is 1. The summed E-state index contributed by atoms with van der Waals surface area (Å²) in [5.41, 5.74) is 6.27. The minimum absolute atomic E-state index is 0.0251. The molecule has 108 valence electrons. The Morgan fingerprint density at radius 1 is 1.40 bits per heavy atom. The predicted molar refractivity (Wildman–Crippen MR) is 74.7 cm³/mol. The zero-order valence-electron chi connectivity index (χ0n) is 11.1. The van der Waals surface area contributed by atoms with Crippen LogP contribution in [-0.2, 0) is 9.53 Å². The van der Waals surface area contributed by atoms with Gasteiger partial charge in [-0.15, -0.1) is 0 Å². The lowest BCUT2D eigenvalue weighted by atomic mass is 10.1. The van der Waals surface area contributed by atoms with E-state index in [4.69, 9.17) is 15.6 Å². The standard InChI is InChI=1S/C14H18N2O4/c15-9-4-5-11(14(18)19)12(7-9)16-13(17)8-10-3-1-2-6-20-10/h4-5,7,10H,1-3,6,8,15H2,(H,16,17)(H,18,19). The van der Waals surface area contributed by atoms with Gasteiger partial charge in [0.2, 0.25) is 5.91 Å². The Bertz CT molecular complexity index is 510. The lowest BCUT2D eigenvalue weighted by Crippen LogP contribution is -2.26. The summed E-state index contributed by atoms with van der Waals surface area (Å²) in [7, 11) is 0. The van der Waals surface area contributed by atoms with E-state index in [0.29, 0.717) is 12.3 Å². The van der Waals surface area contributed by atoms with Crippen molar-refractivity contribution < 1.29 is 19.4 Å². The number of carbonyl (C=O) groups excluding carboxylic acids is 1. The fourth-order valence-corrected chi connectivity index (χ4v) is 2.23. The number of carboxylic acid groups (broad SMARTS) is 1. The SMILES string of the molecule is Nc1ccc(C(=O)O)c(NC(=O)CC2CCCCO2)c1. The number of anilines is 2. The van der Waals surface area contributed by atoms with E-state index >= 15 is 0 Å². The van der Waals surface area contributed by atoms with Gasteiger partial charge in [0.15, 0.2) is 0 Å². The highest BCUT2D eigenvalue weighted by Gasteiger charge is 2.19. The minimum atomic E-state index is -1.10. The van der Waals surface area contributed by atoms with Crippen LogP contribution in [0.3, 0.4) is 0 Å². The molecule has 0 aromatic heterocycles. The third kappa shape index (κ3) is 3.71. The number of hydrogen-bond acceptors (Lipinski definition) is 4. The number of carboxylic acids is 1. The van der Waals surface area contributed by atoms with Crippen molar-refractivity contribution in [3.05, 3.63) is 23.8 Å². The van der Waals surface area contributed by atoms with E-state index in [1.165, 1.54) is 18.2 Å². The summed E-state index contributed by atoms with van der Waals surface area (Å²) in [6, 6.07) is 4.32. The number of rotatable bonds is 4. The van der Waals surface area contributed by atoms with Gasteiger partial charge >= 0.3 is 5.97 Å². The second-order valence-electron chi connectivity index (χ2n) is 4.85. The van der Waals surface area contributed by atoms with E-state index in [0.717, 1.165) is 19.3 Å². The molecule has 0 aliphatic carbocycles. The Balaban J connectivity index is 2.03. The van der Waals surface area contributed by atoms with Crippen LogP contribution in [0.5, 0.6) is 0 Å². The Kier molecular flexibility index (Phi) is 4.57. The Morgan fingerprint density at radius 2 is 2.20 bits per heavy atom. The molecule has 6 nitrogen and oxygen atoms in total. The van der Waals surface area contributed by atoms with E-state index in [2.05, 4.69) is 5.32 Å². The Labute approximate surface area is 116 Å². The summed E-state index contributed by atoms with van der Waals surface area (Å²) in [4.78, 5) is 23.0. The zero-order chi connectivity index (χ0) is 14.5. The summed E-state index contributed by atoms with van der Waals surface area (Å²) in [6.45, 7) is 0.677. The molecule has 0 radical (unpaired) electrons. The minimum Gasteiger partial charge on any atom is -0.478 e. The van der Waals surface area contributed by atoms with Crippen LogP contribution in [0.15, 0.2) is 18.2 Å². The van der Waals surface area contributed by atoms with Crippen molar-refractivity contribution in [3.63, 3.8) is 0 Å². The van der Waals surface area contributed by atoms with Gasteiger partial charge in [0.1, 0.15) is 0 Å². The first-order valence-electron chi connectivity index (χ1n) is 6.60. The van der Waals surface area contributed by atoms with E-state index in [1.807, 2.05) is 0 Å². The third-order valence-electron chi connectivity index (χ3n) is 3.24. The first-order chi connectivity index (χ1) is 9.56. The van der Waals surface area contributed by atoms with Gasteiger partial charge in [0.25, 0.3) is 0 Å². The second kappa shape index (κ2) is 6.38. The first-order valence-corrected chi connectivity index (χ1v) is 6.60. The van der Waals surface area contributed by atoms with Crippen molar-refractivity contribution >= 4 is 23.3 Å². The molecule has 1 fully saturated rings. The molecule has 0 spiro atoms. The van der Waals surface area contributed by atoms with Crippen molar-refractivity contribution in [2.75, 3.05) is 17.7 Å². The molecule has 1 amide bonds. The highest BCUT2D eigenvalue weighted by molar-refractivity contribution is 6.01. The molecular formula is C14H18N2O4. The van der Waals surface area contributed by atoms with Crippen molar-refractivity contribution in [3.8, 4) is 0 Å². The molecule has 6 heteroatoms. The molecule has 20 heavy (non-hydrogen) atoms. The highest BCUT2D eigenvalue weighted by atomic mass is 16.5. The number of hydrogen-bond donors (Lipinski definition) is 3. The van der Waals surface area contributed by atoms with Crippen molar-refractivity contribution in [1.29, 1.82) is 0 Å². The van der Waals surface area contributed by atoms with Gasteiger partial charge in [0.05, 0.1) is 23.8 Å². The van der Waals surface area contributed by atoms with E-state index < -0.39 is 5.97 Å². The molecule has 2 rings (SSSR count). The summed E-state index contributed by atoms with van der Waals surface area (Å²) >= 11 is 0. The number of amides is 1. The van der Waals surface area contributed by atoms with Gasteiger partial charge in [-0.25, -0.2) is 4.79 Å². The van der Waals surface area contributed by atoms with Gasteiger partial charge in [-0.3, -0.25) is 4.79 Å². The lowest BCUT2D eigenvalue weighted by molar-refractivity contribution is -0.119. The molecule has 1 atom stereocenters. The molecule has 1 aliphatic heterocycles. The van der Waals surface area contributed by atoms with Crippen LogP contribution in [0.25, 0.3) is 0 Å². The molecule has 1 aromatic rings. The quantitative estimate of drug-likeness (QED) is 0.730. The van der Waals surface area contributed by atoms with Gasteiger partial charge in [0, 0.05) is 12.3 Å². The Morgan fingerprint density at radius 3 is 2.85 bits per heavy atom. The molecule has 4 N–H and O–H groups in total. The number of aromatic carboxylic acids is 1.